The van der Waals surface area contributed by atoms with E-state index >= 15 is 0 Å². The van der Waals surface area contributed by atoms with Gasteiger partial charge in [0.25, 0.3) is 0 Å². The first-order valence-corrected chi connectivity index (χ1v) is 13.8. The van der Waals surface area contributed by atoms with Gasteiger partial charge in [-0.3, -0.25) is 9.59 Å². The number of nitrogens with one attached hydrogen (secondary N) is 2. The Morgan fingerprint density at radius 2 is 1.79 bits per heavy atom. The molecule has 0 aromatic heterocycles. The molecule has 0 radical (unpaired) electrons. The van der Waals surface area contributed by atoms with Crippen LogP contribution in [0.2, 0.25) is 0 Å². The van der Waals surface area contributed by atoms with E-state index in [9.17, 15) is 14.4 Å². The van der Waals surface area contributed by atoms with Crippen LogP contribution in [0.5, 0.6) is 0 Å². The lowest BCUT2D eigenvalue weighted by molar-refractivity contribution is -0.142. The Bertz CT molecular complexity index is 1120. The van der Waals surface area contributed by atoms with Crippen molar-refractivity contribution in [1.82, 2.24) is 15.5 Å². The second kappa shape index (κ2) is 14.9. The standard InChI is InChI=1S/C30H37N3O4S/c1-7-19-33(28(35)25(18-20-38-6)32-29(36)37-30(3,4)5)26(24-16-14-22(8-2)15-17-24)27(34)31-21-23-12-10-9-11-13-23/h2,7,9-17,25-26H,1,18-21H2,3-6H3,(H,31,34)(H,32,36). The molecule has 8 heteroatoms. The maximum atomic E-state index is 13.9. The topological polar surface area (TPSA) is 87.7 Å². The molecular formula is C30H37N3O4S. The molecule has 2 N–H and O–H groups in total. The van der Waals surface area contributed by atoms with Gasteiger partial charge in [-0.2, -0.15) is 11.8 Å². The summed E-state index contributed by atoms with van der Waals surface area (Å²) in [6, 6.07) is 14.6. The number of alkyl carbamates (subject to hydrolysis) is 1. The number of hydrogen-bond acceptors (Lipinski definition) is 5. The van der Waals surface area contributed by atoms with E-state index in [1.54, 1.807) is 62.9 Å². The third-order valence-electron chi connectivity index (χ3n) is 5.47. The monoisotopic (exact) mass is 535 g/mol. The third kappa shape index (κ3) is 9.64. The molecule has 0 saturated heterocycles. The van der Waals surface area contributed by atoms with Crippen molar-refractivity contribution in [2.24, 2.45) is 0 Å². The van der Waals surface area contributed by atoms with Crippen molar-refractivity contribution in [2.45, 2.75) is 51.4 Å². The lowest BCUT2D eigenvalue weighted by atomic mass is 10.0. The average Bonchev–Trinajstić information content (AvgIpc) is 2.89. The Morgan fingerprint density at radius 1 is 1.13 bits per heavy atom. The number of ether oxygens (including phenoxy) is 1. The fraction of sp³-hybridized carbons (Fsp3) is 0.367. The highest BCUT2D eigenvalue weighted by Gasteiger charge is 2.35. The number of nitrogens with zero attached hydrogens (tertiary/aromatic N) is 1. The Hall–Kier alpha value is -3.70. The summed E-state index contributed by atoms with van der Waals surface area (Å²) < 4.78 is 5.40. The zero-order valence-electron chi connectivity index (χ0n) is 22.5. The molecule has 0 aliphatic rings. The molecule has 0 saturated carbocycles. The quantitative estimate of drug-likeness (QED) is 0.304. The SMILES string of the molecule is C#Cc1ccc(C(C(=O)NCc2ccccc2)N(CC=C)C(=O)C(CCSC)NC(=O)OC(C)(C)C)cc1. The number of rotatable bonds is 12. The van der Waals surface area contributed by atoms with E-state index < -0.39 is 29.7 Å². The maximum Gasteiger partial charge on any atom is 0.408 e. The van der Waals surface area contributed by atoms with Crippen molar-refractivity contribution in [3.05, 3.63) is 83.9 Å². The molecule has 2 atom stereocenters. The zero-order chi connectivity index (χ0) is 28.1. The van der Waals surface area contributed by atoms with Crippen LogP contribution in [0.15, 0.2) is 67.3 Å². The van der Waals surface area contributed by atoms with Gasteiger partial charge in [0.2, 0.25) is 11.8 Å². The molecule has 0 aliphatic carbocycles. The number of carbonyl (C=O) groups is 3. The van der Waals surface area contributed by atoms with Crippen LogP contribution in [0.4, 0.5) is 4.79 Å². The molecule has 2 unspecified atom stereocenters. The van der Waals surface area contributed by atoms with Crippen molar-refractivity contribution in [1.29, 1.82) is 0 Å². The Labute approximate surface area is 230 Å². The lowest BCUT2D eigenvalue weighted by Gasteiger charge is -2.34. The van der Waals surface area contributed by atoms with Gasteiger partial charge in [0, 0.05) is 18.7 Å². The first-order chi connectivity index (χ1) is 18.1. The highest BCUT2D eigenvalue weighted by molar-refractivity contribution is 7.98. The van der Waals surface area contributed by atoms with Crippen LogP contribution in [-0.4, -0.2) is 53.0 Å². The summed E-state index contributed by atoms with van der Waals surface area (Å²) in [5.74, 6) is 2.41. The maximum absolute atomic E-state index is 13.9. The fourth-order valence-corrected chi connectivity index (χ4v) is 4.19. The normalized spacial score (nSPS) is 12.4. The number of amides is 3. The lowest BCUT2D eigenvalue weighted by Crippen LogP contribution is -2.53. The Morgan fingerprint density at radius 3 is 2.34 bits per heavy atom. The predicted molar refractivity (Wildman–Crippen MR) is 153 cm³/mol. The van der Waals surface area contributed by atoms with Gasteiger partial charge in [-0.15, -0.1) is 13.0 Å². The van der Waals surface area contributed by atoms with E-state index in [1.165, 1.54) is 4.90 Å². The van der Waals surface area contributed by atoms with Crippen molar-refractivity contribution >= 4 is 29.7 Å². The molecule has 3 amide bonds. The first kappa shape index (κ1) is 30.5. The summed E-state index contributed by atoms with van der Waals surface area (Å²) in [6.07, 6.45) is 8.67. The van der Waals surface area contributed by atoms with E-state index in [1.807, 2.05) is 36.6 Å². The van der Waals surface area contributed by atoms with Crippen LogP contribution in [0.1, 0.15) is 49.9 Å². The van der Waals surface area contributed by atoms with Crippen molar-refractivity contribution in [3.63, 3.8) is 0 Å². The molecule has 0 spiro atoms. The third-order valence-corrected chi connectivity index (χ3v) is 6.12. The highest BCUT2D eigenvalue weighted by atomic mass is 32.2. The Balaban J connectivity index is 2.43. The smallest absolute Gasteiger partial charge is 0.408 e. The number of terminal acetylenes is 1. The molecule has 2 aromatic carbocycles. The summed E-state index contributed by atoms with van der Waals surface area (Å²) >= 11 is 1.55. The average molecular weight is 536 g/mol. The van der Waals surface area contributed by atoms with Crippen LogP contribution < -0.4 is 10.6 Å². The molecule has 202 valence electrons. The van der Waals surface area contributed by atoms with Crippen LogP contribution in [0.3, 0.4) is 0 Å². The van der Waals surface area contributed by atoms with Crippen molar-refractivity contribution in [3.8, 4) is 12.3 Å². The minimum atomic E-state index is -0.978. The molecule has 38 heavy (non-hydrogen) atoms. The molecule has 2 aromatic rings. The number of benzene rings is 2. The van der Waals surface area contributed by atoms with Crippen molar-refractivity contribution in [2.75, 3.05) is 18.6 Å². The minimum Gasteiger partial charge on any atom is -0.444 e. The van der Waals surface area contributed by atoms with Gasteiger partial charge < -0.3 is 20.3 Å². The van der Waals surface area contributed by atoms with Crippen LogP contribution >= 0.6 is 11.8 Å². The first-order valence-electron chi connectivity index (χ1n) is 12.4. The molecule has 0 heterocycles. The van der Waals surface area contributed by atoms with Crippen LogP contribution in [0.25, 0.3) is 0 Å². The Kier molecular flexibility index (Phi) is 12.0. The predicted octanol–water partition coefficient (Wildman–Crippen LogP) is 4.69. The van der Waals surface area contributed by atoms with E-state index in [4.69, 9.17) is 11.2 Å². The molecule has 0 fully saturated rings. The van der Waals surface area contributed by atoms with Crippen molar-refractivity contribution < 1.29 is 19.1 Å². The second-order valence-corrected chi connectivity index (χ2v) is 10.6. The van der Waals surface area contributed by atoms with Gasteiger partial charge in [-0.1, -0.05) is 54.5 Å². The molecular weight excluding hydrogens is 498 g/mol. The molecule has 0 aliphatic heterocycles. The number of hydrogen-bond donors (Lipinski definition) is 2. The number of thioether (sulfide) groups is 1. The minimum absolute atomic E-state index is 0.0882. The number of carbonyl (C=O) groups excluding carboxylic acids is 3. The van der Waals surface area contributed by atoms with Gasteiger partial charge in [-0.05, 0) is 62.5 Å². The van der Waals surface area contributed by atoms with E-state index in [0.717, 1.165) is 5.56 Å². The van der Waals surface area contributed by atoms with Crippen LogP contribution in [0, 0.1) is 12.3 Å². The van der Waals surface area contributed by atoms with Gasteiger partial charge in [0.15, 0.2) is 0 Å². The van der Waals surface area contributed by atoms with Crippen LogP contribution in [-0.2, 0) is 20.9 Å². The van der Waals surface area contributed by atoms with E-state index in [-0.39, 0.29) is 12.5 Å². The van der Waals surface area contributed by atoms with E-state index in [0.29, 0.717) is 29.8 Å². The zero-order valence-corrected chi connectivity index (χ0v) is 23.3. The summed E-state index contributed by atoms with van der Waals surface area (Å²) in [7, 11) is 0. The molecule has 7 nitrogen and oxygen atoms in total. The van der Waals surface area contributed by atoms with E-state index in [2.05, 4.69) is 23.1 Å². The van der Waals surface area contributed by atoms with Gasteiger partial charge in [0.05, 0.1) is 0 Å². The highest BCUT2D eigenvalue weighted by Crippen LogP contribution is 2.24. The van der Waals surface area contributed by atoms with Gasteiger partial charge >= 0.3 is 6.09 Å². The molecule has 0 bridgehead atoms. The fourth-order valence-electron chi connectivity index (χ4n) is 3.72. The second-order valence-electron chi connectivity index (χ2n) is 9.63. The molecule has 2 rings (SSSR count). The van der Waals surface area contributed by atoms with Gasteiger partial charge in [-0.25, -0.2) is 4.79 Å². The summed E-state index contributed by atoms with van der Waals surface area (Å²) in [5.41, 5.74) is 1.44. The summed E-state index contributed by atoms with van der Waals surface area (Å²) in [6.45, 7) is 9.44. The summed E-state index contributed by atoms with van der Waals surface area (Å²) in [5, 5.41) is 5.66. The largest absolute Gasteiger partial charge is 0.444 e. The summed E-state index contributed by atoms with van der Waals surface area (Å²) in [4.78, 5) is 41.6. The van der Waals surface area contributed by atoms with Gasteiger partial charge in [0.1, 0.15) is 17.7 Å².